The fourth-order valence-corrected chi connectivity index (χ4v) is 3.56. The van der Waals surface area contributed by atoms with Crippen molar-refractivity contribution in [3.8, 4) is 5.75 Å². The Hall–Kier alpha value is -1.79. The molecule has 1 fully saturated rings. The molecule has 1 aromatic carbocycles. The molecular weight excluding hydrogens is 364 g/mol. The normalized spacial score (nSPS) is 16.0. The van der Waals surface area contributed by atoms with Gasteiger partial charge in [0.1, 0.15) is 5.75 Å². The van der Waals surface area contributed by atoms with Gasteiger partial charge in [0.05, 0.1) is 7.11 Å². The molecule has 0 unspecified atom stereocenters. The summed E-state index contributed by atoms with van der Waals surface area (Å²) in [7, 11) is 1.71. The molecule has 1 saturated heterocycles. The lowest BCUT2D eigenvalue weighted by molar-refractivity contribution is 0.143. The van der Waals surface area contributed by atoms with Crippen LogP contribution in [-0.4, -0.2) is 63.9 Å². The highest BCUT2D eigenvalue weighted by Crippen LogP contribution is 2.20. The average molecular weight is 405 g/mol. The third-order valence-electron chi connectivity index (χ3n) is 5.34. The van der Waals surface area contributed by atoms with Crippen molar-refractivity contribution in [2.45, 2.75) is 46.1 Å². The predicted molar refractivity (Wildman–Crippen MR) is 121 cm³/mol. The van der Waals surface area contributed by atoms with Crippen LogP contribution in [0.25, 0.3) is 0 Å². The van der Waals surface area contributed by atoms with Crippen molar-refractivity contribution in [1.29, 1.82) is 0 Å². The van der Waals surface area contributed by atoms with Gasteiger partial charge < -0.3 is 20.1 Å². The lowest BCUT2D eigenvalue weighted by Crippen LogP contribution is -2.39. The van der Waals surface area contributed by atoms with E-state index in [1.165, 1.54) is 18.4 Å². The molecule has 0 aliphatic carbocycles. The molecule has 0 saturated carbocycles. The molecule has 2 N–H and O–H groups in total. The van der Waals surface area contributed by atoms with Crippen LogP contribution in [0.1, 0.15) is 45.1 Å². The number of benzene rings is 1. The molecular formula is C23H40N4O2. The molecule has 0 radical (unpaired) electrons. The van der Waals surface area contributed by atoms with Gasteiger partial charge in [0.15, 0.2) is 5.96 Å². The first-order valence-electron chi connectivity index (χ1n) is 11.2. The first kappa shape index (κ1) is 23.5. The Labute approximate surface area is 177 Å². The van der Waals surface area contributed by atoms with Gasteiger partial charge in [0.2, 0.25) is 0 Å². The second kappa shape index (κ2) is 14.2. The monoisotopic (exact) mass is 404 g/mol. The Bertz CT molecular complexity index is 569. The molecule has 0 spiro atoms. The molecule has 6 heteroatoms. The summed E-state index contributed by atoms with van der Waals surface area (Å²) in [5.41, 5.74) is 1.35. The Kier molecular flexibility index (Phi) is 11.5. The van der Waals surface area contributed by atoms with Crippen molar-refractivity contribution in [1.82, 2.24) is 15.5 Å². The zero-order chi connectivity index (χ0) is 20.7. The second-order valence-electron chi connectivity index (χ2n) is 7.62. The van der Waals surface area contributed by atoms with Crippen LogP contribution in [0.2, 0.25) is 0 Å². The van der Waals surface area contributed by atoms with Crippen LogP contribution in [-0.2, 0) is 11.3 Å². The number of aliphatic imine (C=N–C) groups is 1. The van der Waals surface area contributed by atoms with Crippen LogP contribution in [0.5, 0.6) is 5.75 Å². The van der Waals surface area contributed by atoms with Crippen LogP contribution in [0.3, 0.4) is 0 Å². The maximum atomic E-state index is 5.39. The van der Waals surface area contributed by atoms with Gasteiger partial charge in [-0.05, 0) is 76.2 Å². The van der Waals surface area contributed by atoms with Crippen LogP contribution in [0, 0.1) is 5.92 Å². The van der Waals surface area contributed by atoms with Crippen LogP contribution < -0.4 is 15.4 Å². The Morgan fingerprint density at radius 1 is 1.10 bits per heavy atom. The molecule has 2 rings (SSSR count). The predicted octanol–water partition coefficient (Wildman–Crippen LogP) is 3.28. The third kappa shape index (κ3) is 9.50. The summed E-state index contributed by atoms with van der Waals surface area (Å²) in [5, 5.41) is 6.81. The molecule has 1 aliphatic heterocycles. The SMILES string of the molecule is CCNC(=NCC1CCN(Cc2ccc(OC)cc2)CC1)NCCCCOCC. The third-order valence-corrected chi connectivity index (χ3v) is 5.34. The molecule has 6 nitrogen and oxygen atoms in total. The van der Waals surface area contributed by atoms with E-state index in [0.29, 0.717) is 5.92 Å². The minimum atomic E-state index is 0.676. The lowest BCUT2D eigenvalue weighted by Gasteiger charge is -2.31. The first-order valence-corrected chi connectivity index (χ1v) is 11.2. The number of unbranched alkanes of at least 4 members (excludes halogenated alkanes) is 1. The Balaban J connectivity index is 1.67. The number of piperidine rings is 1. The number of methoxy groups -OCH3 is 1. The highest BCUT2D eigenvalue weighted by atomic mass is 16.5. The van der Waals surface area contributed by atoms with E-state index in [9.17, 15) is 0 Å². The molecule has 1 heterocycles. The van der Waals surface area contributed by atoms with Gasteiger partial charge in [-0.3, -0.25) is 9.89 Å². The van der Waals surface area contributed by atoms with E-state index in [0.717, 1.165) is 77.0 Å². The molecule has 1 aliphatic rings. The van der Waals surface area contributed by atoms with Gasteiger partial charge in [-0.2, -0.15) is 0 Å². The lowest BCUT2D eigenvalue weighted by atomic mass is 9.96. The fourth-order valence-electron chi connectivity index (χ4n) is 3.56. The first-order chi connectivity index (χ1) is 14.2. The minimum Gasteiger partial charge on any atom is -0.497 e. The quantitative estimate of drug-likeness (QED) is 0.318. The van der Waals surface area contributed by atoms with Crippen molar-refractivity contribution < 1.29 is 9.47 Å². The van der Waals surface area contributed by atoms with E-state index in [4.69, 9.17) is 14.5 Å². The highest BCUT2D eigenvalue weighted by molar-refractivity contribution is 5.79. The van der Waals surface area contributed by atoms with Crippen molar-refractivity contribution in [2.75, 3.05) is 53.0 Å². The number of hydrogen-bond acceptors (Lipinski definition) is 4. The molecule has 0 amide bonds. The summed E-state index contributed by atoms with van der Waals surface area (Å²) in [4.78, 5) is 7.38. The molecule has 29 heavy (non-hydrogen) atoms. The number of guanidine groups is 1. The average Bonchev–Trinajstić information content (AvgIpc) is 2.76. The largest absolute Gasteiger partial charge is 0.497 e. The zero-order valence-electron chi connectivity index (χ0n) is 18.6. The summed E-state index contributed by atoms with van der Waals surface area (Å²) in [6.45, 7) is 11.9. The van der Waals surface area contributed by atoms with Gasteiger partial charge in [-0.25, -0.2) is 0 Å². The fraction of sp³-hybridized carbons (Fsp3) is 0.696. The van der Waals surface area contributed by atoms with E-state index in [2.05, 4.69) is 34.6 Å². The van der Waals surface area contributed by atoms with E-state index >= 15 is 0 Å². The molecule has 0 atom stereocenters. The summed E-state index contributed by atoms with van der Waals surface area (Å²) in [6.07, 6.45) is 4.63. The zero-order valence-corrected chi connectivity index (χ0v) is 18.6. The van der Waals surface area contributed by atoms with Crippen molar-refractivity contribution in [3.63, 3.8) is 0 Å². The van der Waals surface area contributed by atoms with Gasteiger partial charge in [0, 0.05) is 39.4 Å². The molecule has 164 valence electrons. The number of nitrogens with one attached hydrogen (secondary N) is 2. The van der Waals surface area contributed by atoms with Gasteiger partial charge in [-0.15, -0.1) is 0 Å². The van der Waals surface area contributed by atoms with Crippen LogP contribution >= 0.6 is 0 Å². The number of rotatable bonds is 12. The molecule has 1 aromatic rings. The molecule has 0 bridgehead atoms. The smallest absolute Gasteiger partial charge is 0.191 e. The summed E-state index contributed by atoms with van der Waals surface area (Å²) >= 11 is 0. The Morgan fingerprint density at radius 3 is 2.52 bits per heavy atom. The maximum Gasteiger partial charge on any atom is 0.191 e. The second-order valence-corrected chi connectivity index (χ2v) is 7.62. The Morgan fingerprint density at radius 2 is 1.86 bits per heavy atom. The van der Waals surface area contributed by atoms with Crippen molar-refractivity contribution in [2.24, 2.45) is 10.9 Å². The van der Waals surface area contributed by atoms with Crippen LogP contribution in [0.4, 0.5) is 0 Å². The van der Waals surface area contributed by atoms with Gasteiger partial charge in [0.25, 0.3) is 0 Å². The van der Waals surface area contributed by atoms with E-state index in [1.54, 1.807) is 7.11 Å². The highest BCUT2D eigenvalue weighted by Gasteiger charge is 2.19. The summed E-state index contributed by atoms with van der Waals surface area (Å²) in [5.74, 6) is 2.55. The summed E-state index contributed by atoms with van der Waals surface area (Å²) in [6, 6.07) is 8.42. The molecule has 0 aromatic heterocycles. The van der Waals surface area contributed by atoms with E-state index in [1.807, 2.05) is 19.1 Å². The number of nitrogens with zero attached hydrogens (tertiary/aromatic N) is 2. The van der Waals surface area contributed by atoms with Crippen molar-refractivity contribution >= 4 is 5.96 Å². The topological polar surface area (TPSA) is 58.1 Å². The standard InChI is InChI=1S/C23H40N4O2/c1-4-24-23(25-14-6-7-17-29-5-2)26-18-20-12-15-27(16-13-20)19-21-8-10-22(28-3)11-9-21/h8-11,20H,4-7,12-19H2,1-3H3,(H2,24,25,26). The maximum absolute atomic E-state index is 5.39. The van der Waals surface area contributed by atoms with Crippen molar-refractivity contribution in [3.05, 3.63) is 29.8 Å². The van der Waals surface area contributed by atoms with E-state index < -0.39 is 0 Å². The number of hydrogen-bond donors (Lipinski definition) is 2. The number of ether oxygens (including phenoxy) is 2. The minimum absolute atomic E-state index is 0.676. The summed E-state index contributed by atoms with van der Waals surface area (Å²) < 4.78 is 10.6. The van der Waals surface area contributed by atoms with Gasteiger partial charge in [-0.1, -0.05) is 12.1 Å². The van der Waals surface area contributed by atoms with Gasteiger partial charge >= 0.3 is 0 Å². The van der Waals surface area contributed by atoms with Crippen LogP contribution in [0.15, 0.2) is 29.3 Å². The number of likely N-dealkylation sites (tertiary alicyclic amines) is 1. The van der Waals surface area contributed by atoms with E-state index in [-0.39, 0.29) is 0 Å².